The van der Waals surface area contributed by atoms with Crippen LogP contribution in [-0.4, -0.2) is 22.7 Å². The normalized spacial score (nSPS) is 10.6. The number of carbonyl (C=O) groups excluding carboxylic acids is 1. The first kappa shape index (κ1) is 18.7. The van der Waals surface area contributed by atoms with Gasteiger partial charge in [0.15, 0.2) is 0 Å². The lowest BCUT2D eigenvalue weighted by atomic mass is 10.1. The van der Waals surface area contributed by atoms with Crippen LogP contribution in [0.1, 0.15) is 41.4 Å². The summed E-state index contributed by atoms with van der Waals surface area (Å²) in [7, 11) is 0. The minimum atomic E-state index is -0.170. The van der Waals surface area contributed by atoms with Crippen LogP contribution in [0.3, 0.4) is 0 Å². The number of hydrogen-bond acceptors (Lipinski definition) is 3. The third kappa shape index (κ3) is 4.97. The van der Waals surface area contributed by atoms with Gasteiger partial charge in [-0.15, -0.1) is 0 Å². The molecule has 1 heterocycles. The summed E-state index contributed by atoms with van der Waals surface area (Å²) in [5.74, 6) is 0.676. The van der Waals surface area contributed by atoms with Gasteiger partial charge < -0.3 is 10.1 Å². The zero-order chi connectivity index (χ0) is 19.1. The summed E-state index contributed by atoms with van der Waals surface area (Å²) >= 11 is 0. The van der Waals surface area contributed by atoms with Crippen LogP contribution in [-0.2, 0) is 6.54 Å². The van der Waals surface area contributed by atoms with Crippen molar-refractivity contribution in [1.29, 1.82) is 0 Å². The third-order valence-electron chi connectivity index (χ3n) is 4.44. The highest BCUT2D eigenvalue weighted by Gasteiger charge is 2.11. The second-order valence-electron chi connectivity index (χ2n) is 6.50. The maximum absolute atomic E-state index is 12.4. The molecule has 1 amide bonds. The van der Waals surface area contributed by atoms with E-state index in [0.717, 1.165) is 47.6 Å². The number of carbonyl (C=O) groups is 1. The fraction of sp³-hybridized carbons (Fsp3) is 0.273. The third-order valence-corrected chi connectivity index (χ3v) is 4.44. The number of ether oxygens (including phenoxy) is 1. The number of unbranched alkanes of at least 4 members (excludes halogenated alkanes) is 1. The molecule has 27 heavy (non-hydrogen) atoms. The van der Waals surface area contributed by atoms with Crippen molar-refractivity contribution < 1.29 is 9.53 Å². The lowest BCUT2D eigenvalue weighted by Crippen LogP contribution is -2.23. The first-order chi connectivity index (χ1) is 13.2. The van der Waals surface area contributed by atoms with Crippen LogP contribution in [0.25, 0.3) is 11.3 Å². The maximum atomic E-state index is 12.4. The lowest BCUT2D eigenvalue weighted by molar-refractivity contribution is 0.0946. The van der Waals surface area contributed by atoms with Crippen LogP contribution in [0.2, 0.25) is 0 Å². The van der Waals surface area contributed by atoms with E-state index >= 15 is 0 Å². The average molecular weight is 363 g/mol. The summed E-state index contributed by atoms with van der Waals surface area (Å²) in [6.07, 6.45) is 2.15. The molecule has 0 radical (unpaired) electrons. The van der Waals surface area contributed by atoms with Crippen molar-refractivity contribution >= 4 is 5.91 Å². The number of hydrogen-bond donors (Lipinski definition) is 2. The molecule has 2 N–H and O–H groups in total. The van der Waals surface area contributed by atoms with E-state index in [1.165, 1.54) is 0 Å². The van der Waals surface area contributed by atoms with Crippen molar-refractivity contribution in [3.63, 3.8) is 0 Å². The maximum Gasteiger partial charge on any atom is 0.269 e. The minimum absolute atomic E-state index is 0.170. The number of aryl methyl sites for hydroxylation is 1. The van der Waals surface area contributed by atoms with Crippen LogP contribution in [0, 0.1) is 6.92 Å². The van der Waals surface area contributed by atoms with Gasteiger partial charge in [-0.2, -0.15) is 5.10 Å². The molecule has 0 saturated carbocycles. The molecule has 0 bridgehead atoms. The van der Waals surface area contributed by atoms with Gasteiger partial charge in [0, 0.05) is 12.1 Å². The number of aromatic nitrogens is 2. The Hall–Kier alpha value is -3.08. The second-order valence-corrected chi connectivity index (χ2v) is 6.50. The zero-order valence-corrected chi connectivity index (χ0v) is 15.8. The molecular weight excluding hydrogens is 338 g/mol. The van der Waals surface area contributed by atoms with E-state index in [2.05, 4.69) is 22.4 Å². The molecule has 3 aromatic rings. The van der Waals surface area contributed by atoms with E-state index < -0.39 is 0 Å². The van der Waals surface area contributed by atoms with Crippen molar-refractivity contribution in [3.05, 3.63) is 71.4 Å². The highest BCUT2D eigenvalue weighted by Crippen LogP contribution is 2.21. The monoisotopic (exact) mass is 363 g/mol. The number of rotatable bonds is 8. The molecule has 0 aliphatic rings. The Morgan fingerprint density at radius 1 is 1.15 bits per heavy atom. The fourth-order valence-electron chi connectivity index (χ4n) is 2.72. The summed E-state index contributed by atoms with van der Waals surface area (Å²) in [4.78, 5) is 12.4. The molecule has 0 spiro atoms. The molecular formula is C22H25N3O2. The van der Waals surface area contributed by atoms with Crippen molar-refractivity contribution in [1.82, 2.24) is 15.5 Å². The molecule has 5 nitrogen and oxygen atoms in total. The second kappa shape index (κ2) is 9.03. The zero-order valence-electron chi connectivity index (χ0n) is 15.8. The Balaban J connectivity index is 1.60. The van der Waals surface area contributed by atoms with Gasteiger partial charge in [-0.25, -0.2) is 0 Å². The van der Waals surface area contributed by atoms with Crippen molar-refractivity contribution in [3.8, 4) is 17.0 Å². The number of nitrogens with one attached hydrogen (secondary N) is 2. The number of H-pyrrole nitrogens is 1. The van der Waals surface area contributed by atoms with Gasteiger partial charge in [0.05, 0.1) is 12.3 Å². The first-order valence-electron chi connectivity index (χ1n) is 9.28. The minimum Gasteiger partial charge on any atom is -0.494 e. The van der Waals surface area contributed by atoms with Gasteiger partial charge in [-0.05, 0) is 54.8 Å². The largest absolute Gasteiger partial charge is 0.494 e. The van der Waals surface area contributed by atoms with Crippen molar-refractivity contribution in [2.24, 2.45) is 0 Å². The van der Waals surface area contributed by atoms with Gasteiger partial charge in [0.1, 0.15) is 11.4 Å². The Kier molecular flexibility index (Phi) is 6.26. The topological polar surface area (TPSA) is 67.0 Å². The van der Waals surface area contributed by atoms with E-state index in [1.54, 1.807) is 6.07 Å². The van der Waals surface area contributed by atoms with Crippen LogP contribution in [0.5, 0.6) is 5.75 Å². The Morgan fingerprint density at radius 2 is 1.93 bits per heavy atom. The molecule has 2 aromatic carbocycles. The van der Waals surface area contributed by atoms with Gasteiger partial charge in [-0.3, -0.25) is 9.89 Å². The molecule has 140 valence electrons. The molecule has 5 heteroatoms. The molecule has 1 aromatic heterocycles. The highest BCUT2D eigenvalue weighted by molar-refractivity contribution is 5.93. The summed E-state index contributed by atoms with van der Waals surface area (Å²) < 4.78 is 5.67. The van der Waals surface area contributed by atoms with Gasteiger partial charge in [0.2, 0.25) is 0 Å². The van der Waals surface area contributed by atoms with Crippen LogP contribution < -0.4 is 10.1 Å². The SMILES string of the molecule is CCCCOc1ccc(-c2cc(C(=O)NCc3ccccc3C)[nH]n2)cc1. The standard InChI is InChI=1S/C22H25N3O2/c1-3-4-13-27-19-11-9-17(10-12-19)20-14-21(25-24-20)22(26)23-15-18-8-6-5-7-16(18)2/h5-12,14H,3-4,13,15H2,1-2H3,(H,23,26)(H,24,25). The summed E-state index contributed by atoms with van der Waals surface area (Å²) in [5.41, 5.74) is 4.37. The predicted molar refractivity (Wildman–Crippen MR) is 107 cm³/mol. The molecule has 0 aliphatic heterocycles. The van der Waals surface area contributed by atoms with Gasteiger partial charge in [-0.1, -0.05) is 37.6 Å². The van der Waals surface area contributed by atoms with E-state index in [9.17, 15) is 4.79 Å². The molecule has 0 unspecified atom stereocenters. The fourth-order valence-corrected chi connectivity index (χ4v) is 2.72. The average Bonchev–Trinajstić information content (AvgIpc) is 3.18. The summed E-state index contributed by atoms with van der Waals surface area (Å²) in [5, 5.41) is 10.0. The molecule has 0 saturated heterocycles. The summed E-state index contributed by atoms with van der Waals surface area (Å²) in [6, 6.07) is 17.5. The number of aromatic amines is 1. The van der Waals surface area contributed by atoms with Crippen molar-refractivity contribution in [2.45, 2.75) is 33.2 Å². The number of nitrogens with zero attached hydrogens (tertiary/aromatic N) is 1. The van der Waals surface area contributed by atoms with Gasteiger partial charge in [0.25, 0.3) is 5.91 Å². The lowest BCUT2D eigenvalue weighted by Gasteiger charge is -2.06. The molecule has 0 fully saturated rings. The summed E-state index contributed by atoms with van der Waals surface area (Å²) in [6.45, 7) is 5.39. The smallest absolute Gasteiger partial charge is 0.269 e. The van der Waals surface area contributed by atoms with Crippen LogP contribution in [0.15, 0.2) is 54.6 Å². The highest BCUT2D eigenvalue weighted by atomic mass is 16.5. The predicted octanol–water partition coefficient (Wildman–Crippen LogP) is 4.49. The molecule has 0 aliphatic carbocycles. The van der Waals surface area contributed by atoms with Crippen LogP contribution >= 0.6 is 0 Å². The van der Waals surface area contributed by atoms with E-state index in [-0.39, 0.29) is 5.91 Å². The van der Waals surface area contributed by atoms with Crippen molar-refractivity contribution in [2.75, 3.05) is 6.61 Å². The molecule has 0 atom stereocenters. The van der Waals surface area contributed by atoms with E-state index in [0.29, 0.717) is 12.2 Å². The van der Waals surface area contributed by atoms with E-state index in [1.807, 2.05) is 55.5 Å². The first-order valence-corrected chi connectivity index (χ1v) is 9.28. The Morgan fingerprint density at radius 3 is 2.67 bits per heavy atom. The number of amides is 1. The molecule has 3 rings (SSSR count). The quantitative estimate of drug-likeness (QED) is 0.579. The Bertz CT molecular complexity index is 885. The van der Waals surface area contributed by atoms with Crippen LogP contribution in [0.4, 0.5) is 0 Å². The van der Waals surface area contributed by atoms with Gasteiger partial charge >= 0.3 is 0 Å². The Labute approximate surface area is 159 Å². The van der Waals surface area contributed by atoms with E-state index in [4.69, 9.17) is 4.74 Å². The number of benzene rings is 2.